The number of amides is 1. The molecule has 1 aromatic rings. The molecule has 1 rings (SSSR count). The standard InChI is InChI=1S/C13H13BrF3NO3/c1-21-11(19)6-7-18(8-13(15,16)17)12(20)9-4-2-3-5-10(9)14/h2-5H,6-8H2,1H3. The molecule has 21 heavy (non-hydrogen) atoms. The van der Waals surface area contributed by atoms with E-state index >= 15 is 0 Å². The van der Waals surface area contributed by atoms with Crippen LogP contribution in [0.1, 0.15) is 16.8 Å². The molecule has 0 N–H and O–H groups in total. The Kier molecular flexibility index (Phi) is 6.19. The molecule has 1 aromatic carbocycles. The normalized spacial score (nSPS) is 11.1. The summed E-state index contributed by atoms with van der Waals surface area (Å²) in [6, 6.07) is 6.15. The lowest BCUT2D eigenvalue weighted by Crippen LogP contribution is -2.40. The van der Waals surface area contributed by atoms with Crippen molar-refractivity contribution in [1.82, 2.24) is 4.90 Å². The number of methoxy groups -OCH3 is 1. The average Bonchev–Trinajstić information content (AvgIpc) is 2.41. The van der Waals surface area contributed by atoms with Crippen molar-refractivity contribution in [2.24, 2.45) is 0 Å². The fraction of sp³-hybridized carbons (Fsp3) is 0.385. The lowest BCUT2D eigenvalue weighted by molar-refractivity contribution is -0.147. The molecule has 0 heterocycles. The second kappa shape index (κ2) is 7.44. The van der Waals surface area contributed by atoms with Crippen molar-refractivity contribution in [2.45, 2.75) is 12.6 Å². The molecule has 0 radical (unpaired) electrons. The number of ether oxygens (including phenoxy) is 1. The number of carbonyl (C=O) groups excluding carboxylic acids is 2. The molecule has 1 amide bonds. The van der Waals surface area contributed by atoms with E-state index in [4.69, 9.17) is 0 Å². The van der Waals surface area contributed by atoms with Crippen molar-refractivity contribution < 1.29 is 27.5 Å². The van der Waals surface area contributed by atoms with Crippen LogP contribution in [0.2, 0.25) is 0 Å². The van der Waals surface area contributed by atoms with Crippen molar-refractivity contribution in [3.63, 3.8) is 0 Å². The van der Waals surface area contributed by atoms with Gasteiger partial charge in [0.05, 0.1) is 19.1 Å². The van der Waals surface area contributed by atoms with Gasteiger partial charge in [-0.2, -0.15) is 13.2 Å². The minimum Gasteiger partial charge on any atom is -0.469 e. The van der Waals surface area contributed by atoms with E-state index < -0.39 is 24.6 Å². The fourth-order valence-corrected chi connectivity index (χ4v) is 2.06. The first kappa shape index (κ1) is 17.5. The molecule has 0 atom stereocenters. The highest BCUT2D eigenvalue weighted by molar-refractivity contribution is 9.10. The topological polar surface area (TPSA) is 46.6 Å². The number of carbonyl (C=O) groups is 2. The number of alkyl halides is 3. The third kappa shape index (κ3) is 5.74. The molecule has 0 aromatic heterocycles. The van der Waals surface area contributed by atoms with E-state index in [1.54, 1.807) is 18.2 Å². The quantitative estimate of drug-likeness (QED) is 0.751. The van der Waals surface area contributed by atoms with Crippen molar-refractivity contribution >= 4 is 27.8 Å². The predicted molar refractivity (Wildman–Crippen MR) is 72.7 cm³/mol. The number of hydrogen-bond acceptors (Lipinski definition) is 3. The van der Waals surface area contributed by atoms with Gasteiger partial charge in [-0.3, -0.25) is 9.59 Å². The number of rotatable bonds is 5. The van der Waals surface area contributed by atoms with Crippen LogP contribution < -0.4 is 0 Å². The summed E-state index contributed by atoms with van der Waals surface area (Å²) in [5, 5.41) is 0. The molecule has 0 spiro atoms. The molecule has 0 unspecified atom stereocenters. The summed E-state index contributed by atoms with van der Waals surface area (Å²) in [7, 11) is 1.13. The SMILES string of the molecule is COC(=O)CCN(CC(F)(F)F)C(=O)c1ccccc1Br. The van der Waals surface area contributed by atoms with Crippen molar-refractivity contribution in [2.75, 3.05) is 20.2 Å². The lowest BCUT2D eigenvalue weighted by Gasteiger charge is -2.24. The molecule has 0 aliphatic heterocycles. The van der Waals surface area contributed by atoms with Crippen molar-refractivity contribution in [3.8, 4) is 0 Å². The van der Waals surface area contributed by atoms with Crippen LogP contribution in [0.25, 0.3) is 0 Å². The second-order valence-electron chi connectivity index (χ2n) is 4.15. The lowest BCUT2D eigenvalue weighted by atomic mass is 10.2. The van der Waals surface area contributed by atoms with Crippen LogP contribution in [-0.4, -0.2) is 43.2 Å². The smallest absolute Gasteiger partial charge is 0.406 e. The Labute approximate surface area is 128 Å². The Morgan fingerprint density at radius 3 is 2.43 bits per heavy atom. The average molecular weight is 368 g/mol. The Morgan fingerprint density at radius 1 is 1.29 bits per heavy atom. The van der Waals surface area contributed by atoms with Crippen LogP contribution >= 0.6 is 15.9 Å². The van der Waals surface area contributed by atoms with Gasteiger partial charge in [-0.25, -0.2) is 0 Å². The minimum atomic E-state index is -4.55. The van der Waals surface area contributed by atoms with Crippen LogP contribution in [-0.2, 0) is 9.53 Å². The van der Waals surface area contributed by atoms with E-state index in [1.165, 1.54) is 6.07 Å². The summed E-state index contributed by atoms with van der Waals surface area (Å²) in [6.07, 6.45) is -4.85. The molecular weight excluding hydrogens is 355 g/mol. The summed E-state index contributed by atoms with van der Waals surface area (Å²) in [5.41, 5.74) is 0.103. The third-order valence-electron chi connectivity index (χ3n) is 2.58. The highest BCUT2D eigenvalue weighted by atomic mass is 79.9. The van der Waals surface area contributed by atoms with E-state index in [0.29, 0.717) is 9.37 Å². The number of hydrogen-bond donors (Lipinski definition) is 0. The molecule has 0 aliphatic carbocycles. The Morgan fingerprint density at radius 2 is 1.90 bits per heavy atom. The molecule has 4 nitrogen and oxygen atoms in total. The molecule has 0 aliphatic rings. The Hall–Kier alpha value is -1.57. The number of benzene rings is 1. The van der Waals surface area contributed by atoms with Gasteiger partial charge < -0.3 is 9.64 Å². The molecule has 0 saturated heterocycles. The molecule has 0 bridgehead atoms. The van der Waals surface area contributed by atoms with Gasteiger partial charge in [0, 0.05) is 11.0 Å². The van der Waals surface area contributed by atoms with Crippen molar-refractivity contribution in [1.29, 1.82) is 0 Å². The van der Waals surface area contributed by atoms with Gasteiger partial charge in [0.1, 0.15) is 6.54 Å². The first-order valence-corrected chi connectivity index (χ1v) is 6.71. The summed E-state index contributed by atoms with van der Waals surface area (Å²) < 4.78 is 42.5. The van der Waals surface area contributed by atoms with Crippen LogP contribution in [0.3, 0.4) is 0 Å². The summed E-state index contributed by atoms with van der Waals surface area (Å²) in [5.74, 6) is -1.48. The summed E-state index contributed by atoms with van der Waals surface area (Å²) >= 11 is 3.12. The van der Waals surface area contributed by atoms with Crippen LogP contribution in [0.4, 0.5) is 13.2 Å². The first-order valence-electron chi connectivity index (χ1n) is 5.92. The Balaban J connectivity index is 2.92. The number of esters is 1. The van der Waals surface area contributed by atoms with Crippen LogP contribution in [0.15, 0.2) is 28.7 Å². The van der Waals surface area contributed by atoms with Gasteiger partial charge in [0.2, 0.25) is 0 Å². The van der Waals surface area contributed by atoms with Gasteiger partial charge in [-0.1, -0.05) is 12.1 Å². The summed E-state index contributed by atoms with van der Waals surface area (Å²) in [4.78, 5) is 23.8. The van der Waals surface area contributed by atoms with Gasteiger partial charge in [0.25, 0.3) is 5.91 Å². The minimum absolute atomic E-state index is 0.103. The highest BCUT2D eigenvalue weighted by Gasteiger charge is 2.33. The fourth-order valence-electron chi connectivity index (χ4n) is 1.60. The molecule has 8 heteroatoms. The van der Waals surface area contributed by atoms with Gasteiger partial charge in [0.15, 0.2) is 0 Å². The monoisotopic (exact) mass is 367 g/mol. The van der Waals surface area contributed by atoms with E-state index in [2.05, 4.69) is 20.7 Å². The number of halogens is 4. The van der Waals surface area contributed by atoms with Crippen LogP contribution in [0.5, 0.6) is 0 Å². The molecule has 116 valence electrons. The molecule has 0 fully saturated rings. The van der Waals surface area contributed by atoms with Gasteiger partial charge in [-0.15, -0.1) is 0 Å². The predicted octanol–water partition coefficient (Wildman–Crippen LogP) is 3.02. The number of nitrogens with zero attached hydrogens (tertiary/aromatic N) is 1. The first-order chi connectivity index (χ1) is 9.74. The van der Waals surface area contributed by atoms with Crippen molar-refractivity contribution in [3.05, 3.63) is 34.3 Å². The zero-order valence-electron chi connectivity index (χ0n) is 11.1. The maximum absolute atomic E-state index is 12.6. The van der Waals surface area contributed by atoms with E-state index in [-0.39, 0.29) is 18.5 Å². The molecular formula is C13H13BrF3NO3. The zero-order chi connectivity index (χ0) is 16.0. The molecule has 0 saturated carbocycles. The largest absolute Gasteiger partial charge is 0.469 e. The van der Waals surface area contributed by atoms with E-state index in [9.17, 15) is 22.8 Å². The van der Waals surface area contributed by atoms with Crippen LogP contribution in [0, 0.1) is 0 Å². The van der Waals surface area contributed by atoms with E-state index in [1.807, 2.05) is 0 Å². The maximum atomic E-state index is 12.6. The van der Waals surface area contributed by atoms with E-state index in [0.717, 1.165) is 7.11 Å². The summed E-state index contributed by atoms with van der Waals surface area (Å²) in [6.45, 7) is -1.80. The van der Waals surface area contributed by atoms with Gasteiger partial charge >= 0.3 is 12.1 Å². The Bertz CT molecular complexity index is 520. The zero-order valence-corrected chi connectivity index (χ0v) is 12.7. The highest BCUT2D eigenvalue weighted by Crippen LogP contribution is 2.22. The second-order valence-corrected chi connectivity index (χ2v) is 5.00. The maximum Gasteiger partial charge on any atom is 0.406 e. The third-order valence-corrected chi connectivity index (χ3v) is 3.27. The van der Waals surface area contributed by atoms with Gasteiger partial charge in [-0.05, 0) is 28.1 Å².